The van der Waals surface area contributed by atoms with Crippen molar-refractivity contribution in [1.29, 1.82) is 0 Å². The minimum Gasteiger partial charge on any atom is -0.481 e. The van der Waals surface area contributed by atoms with E-state index in [-0.39, 0.29) is 17.8 Å². The molecule has 5 heteroatoms. The molecule has 0 aromatic carbocycles. The predicted molar refractivity (Wildman–Crippen MR) is 44.3 cm³/mol. The second-order valence-corrected chi connectivity index (χ2v) is 4.80. The predicted octanol–water partition coefficient (Wildman–Crippen LogP) is -0.491. The molecule has 0 heterocycles. The van der Waals surface area contributed by atoms with Crippen LogP contribution in [0.25, 0.3) is 0 Å². The van der Waals surface area contributed by atoms with Gasteiger partial charge >= 0.3 is 11.9 Å². The van der Waals surface area contributed by atoms with Crippen molar-refractivity contribution in [3.05, 3.63) is 0 Å². The zero-order valence-corrected chi connectivity index (χ0v) is 7.43. The maximum atomic E-state index is 11.1. The summed E-state index contributed by atoms with van der Waals surface area (Å²) in [6, 6.07) is 0. The highest BCUT2D eigenvalue weighted by Gasteiger charge is 2.88. The number of rotatable bonds is 2. The number of aliphatic carboxylic acids is 2. The molecule has 4 bridgehead atoms. The first-order valence-corrected chi connectivity index (χ1v) is 4.71. The van der Waals surface area contributed by atoms with E-state index < -0.39 is 22.9 Å². The Labute approximate surface area is 79.9 Å². The van der Waals surface area contributed by atoms with E-state index in [1.54, 1.807) is 0 Å². The first kappa shape index (κ1) is 8.23. The number of hydrogen-bond acceptors (Lipinski definition) is 3. The molecule has 0 aromatic rings. The van der Waals surface area contributed by atoms with Crippen molar-refractivity contribution in [2.45, 2.75) is 18.4 Å². The lowest BCUT2D eigenvalue weighted by atomic mass is 9.90. The Kier molecular flexibility index (Phi) is 1.07. The van der Waals surface area contributed by atoms with Crippen molar-refractivity contribution in [1.82, 2.24) is 0 Å². The second kappa shape index (κ2) is 1.82. The smallest absolute Gasteiger partial charge is 0.324 e. The van der Waals surface area contributed by atoms with Crippen LogP contribution in [-0.4, -0.2) is 27.7 Å². The summed E-state index contributed by atoms with van der Waals surface area (Å²) in [5, 5.41) is 18.1. The lowest BCUT2D eigenvalue weighted by Crippen LogP contribution is -2.51. The van der Waals surface area contributed by atoms with Crippen molar-refractivity contribution in [2.75, 3.05) is 0 Å². The minimum absolute atomic E-state index is 0.0195. The average Bonchev–Trinajstić information content (AvgIpc) is 2.45. The van der Waals surface area contributed by atoms with Crippen LogP contribution in [0.3, 0.4) is 0 Å². The molecule has 5 atom stereocenters. The van der Waals surface area contributed by atoms with Gasteiger partial charge in [0.15, 0.2) is 0 Å². The first-order valence-electron chi connectivity index (χ1n) is 4.71. The highest BCUT2D eigenvalue weighted by atomic mass is 16.4. The number of nitrogens with two attached hydrogens (primary N) is 1. The highest BCUT2D eigenvalue weighted by molar-refractivity contribution is 5.90. The van der Waals surface area contributed by atoms with Crippen LogP contribution in [0.15, 0.2) is 0 Å². The van der Waals surface area contributed by atoms with Crippen LogP contribution >= 0.6 is 0 Å². The average molecular weight is 197 g/mol. The largest absolute Gasteiger partial charge is 0.481 e. The Hall–Kier alpha value is -1.10. The van der Waals surface area contributed by atoms with Gasteiger partial charge < -0.3 is 15.9 Å². The summed E-state index contributed by atoms with van der Waals surface area (Å²) in [5.41, 5.74) is 3.79. The van der Waals surface area contributed by atoms with Gasteiger partial charge in [0.1, 0.15) is 5.54 Å². The Morgan fingerprint density at radius 2 is 1.93 bits per heavy atom. The van der Waals surface area contributed by atoms with Gasteiger partial charge in [-0.3, -0.25) is 9.59 Å². The molecule has 4 aliphatic rings. The fourth-order valence-corrected chi connectivity index (χ4v) is 4.00. The summed E-state index contributed by atoms with van der Waals surface area (Å²) in [6.07, 6.45) is 1.14. The van der Waals surface area contributed by atoms with Crippen molar-refractivity contribution in [3.63, 3.8) is 0 Å². The molecule has 0 amide bonds. The molecule has 0 spiro atoms. The molecule has 4 aliphatic carbocycles. The van der Waals surface area contributed by atoms with Gasteiger partial charge in [0.25, 0.3) is 0 Å². The molecule has 14 heavy (non-hydrogen) atoms. The topological polar surface area (TPSA) is 101 Å². The summed E-state index contributed by atoms with van der Waals surface area (Å²) >= 11 is 0. The van der Waals surface area contributed by atoms with Gasteiger partial charge in [-0.2, -0.15) is 0 Å². The van der Waals surface area contributed by atoms with E-state index in [9.17, 15) is 9.59 Å². The number of carboxylic acid groups (broad SMARTS) is 2. The summed E-state index contributed by atoms with van der Waals surface area (Å²) in [6.45, 7) is 0. The second-order valence-electron chi connectivity index (χ2n) is 4.80. The van der Waals surface area contributed by atoms with Crippen LogP contribution in [0.5, 0.6) is 0 Å². The summed E-state index contributed by atoms with van der Waals surface area (Å²) in [5.74, 6) is -2.33. The van der Waals surface area contributed by atoms with E-state index in [0.717, 1.165) is 0 Å². The molecule has 5 nitrogen and oxygen atoms in total. The molecule has 0 aromatic heterocycles. The van der Waals surface area contributed by atoms with Crippen LogP contribution in [0.4, 0.5) is 0 Å². The molecule has 0 radical (unpaired) electrons. The van der Waals surface area contributed by atoms with E-state index in [1.807, 2.05) is 0 Å². The molecule has 4 rings (SSSR count). The first-order chi connectivity index (χ1) is 6.45. The Bertz CT molecular complexity index is 368. The van der Waals surface area contributed by atoms with Gasteiger partial charge in [0, 0.05) is 5.92 Å². The Morgan fingerprint density at radius 1 is 1.29 bits per heavy atom. The third-order valence-electron chi connectivity index (χ3n) is 4.59. The fraction of sp³-hybridized carbons (Fsp3) is 0.778. The third kappa shape index (κ3) is 0.507. The highest BCUT2D eigenvalue weighted by Crippen LogP contribution is 2.81. The van der Waals surface area contributed by atoms with Gasteiger partial charge in [0.05, 0.1) is 5.41 Å². The maximum Gasteiger partial charge on any atom is 0.324 e. The maximum absolute atomic E-state index is 11.1. The molecule has 0 saturated heterocycles. The monoisotopic (exact) mass is 197 g/mol. The molecule has 4 N–H and O–H groups in total. The fourth-order valence-electron chi connectivity index (χ4n) is 4.00. The SMILES string of the molecule is N[C@@]1(C(=O)O)C2[C@@H]3C[C@H]1C[C@]23C(=O)O. The lowest BCUT2D eigenvalue weighted by Gasteiger charge is -2.22. The number of carbonyl (C=O) groups is 2. The van der Waals surface area contributed by atoms with Gasteiger partial charge in [-0.25, -0.2) is 0 Å². The standard InChI is InChI=1S/C9H11NO4/c10-9(7(13)14)3-1-4-5(9)8(4,2-3)6(11)12/h3-5H,1-2,10H2,(H,11,12)(H,13,14)/t3-,4-,5?,8+,9+/m0/s1. The molecular weight excluding hydrogens is 186 g/mol. The van der Waals surface area contributed by atoms with E-state index in [2.05, 4.69) is 0 Å². The van der Waals surface area contributed by atoms with Crippen molar-refractivity contribution in [3.8, 4) is 0 Å². The Morgan fingerprint density at radius 3 is 2.21 bits per heavy atom. The molecule has 76 valence electrons. The van der Waals surface area contributed by atoms with Gasteiger partial charge in [-0.15, -0.1) is 0 Å². The van der Waals surface area contributed by atoms with Gasteiger partial charge in [0.2, 0.25) is 0 Å². The quantitative estimate of drug-likeness (QED) is 0.554. The number of hydrogen-bond donors (Lipinski definition) is 3. The Balaban J connectivity index is 2.06. The number of carboxylic acids is 2. The summed E-state index contributed by atoms with van der Waals surface area (Å²) in [7, 11) is 0. The van der Waals surface area contributed by atoms with Crippen LogP contribution < -0.4 is 5.73 Å². The van der Waals surface area contributed by atoms with Crippen LogP contribution in [-0.2, 0) is 9.59 Å². The van der Waals surface area contributed by atoms with Gasteiger partial charge in [-0.05, 0) is 24.7 Å². The van der Waals surface area contributed by atoms with Gasteiger partial charge in [-0.1, -0.05) is 0 Å². The summed E-state index contributed by atoms with van der Waals surface area (Å²) in [4.78, 5) is 22.1. The molecule has 0 aliphatic heterocycles. The molecule has 4 saturated carbocycles. The van der Waals surface area contributed by atoms with Crippen LogP contribution in [0, 0.1) is 23.2 Å². The normalized spacial score (nSPS) is 57.4. The molecular formula is C9H11NO4. The van der Waals surface area contributed by atoms with Crippen molar-refractivity contribution >= 4 is 11.9 Å². The zero-order valence-electron chi connectivity index (χ0n) is 7.43. The van der Waals surface area contributed by atoms with E-state index in [0.29, 0.717) is 12.8 Å². The molecule has 4 fully saturated rings. The minimum atomic E-state index is -1.26. The van der Waals surface area contributed by atoms with E-state index >= 15 is 0 Å². The third-order valence-corrected chi connectivity index (χ3v) is 4.59. The lowest BCUT2D eigenvalue weighted by molar-refractivity contribution is -0.145. The molecule has 1 unspecified atom stereocenters. The van der Waals surface area contributed by atoms with Crippen molar-refractivity contribution < 1.29 is 19.8 Å². The van der Waals surface area contributed by atoms with Crippen molar-refractivity contribution in [2.24, 2.45) is 28.9 Å². The van der Waals surface area contributed by atoms with E-state index in [1.165, 1.54) is 0 Å². The summed E-state index contributed by atoms with van der Waals surface area (Å²) < 4.78 is 0. The van der Waals surface area contributed by atoms with E-state index in [4.69, 9.17) is 15.9 Å². The zero-order chi connectivity index (χ0) is 10.3. The van der Waals surface area contributed by atoms with Crippen LogP contribution in [0.2, 0.25) is 0 Å². The van der Waals surface area contributed by atoms with Crippen LogP contribution in [0.1, 0.15) is 12.8 Å².